The zero-order chi connectivity index (χ0) is 13.7. The molecule has 0 radical (unpaired) electrons. The van der Waals surface area contributed by atoms with E-state index in [1.54, 1.807) is 6.92 Å². The highest BCUT2D eigenvalue weighted by Gasteiger charge is 2.35. The zero-order valence-electron chi connectivity index (χ0n) is 10.7. The van der Waals surface area contributed by atoms with Crippen LogP contribution in [-0.4, -0.2) is 45.8 Å². The van der Waals surface area contributed by atoms with Gasteiger partial charge in [0.15, 0.2) is 0 Å². The van der Waals surface area contributed by atoms with Crippen LogP contribution in [0.4, 0.5) is 4.79 Å². The van der Waals surface area contributed by atoms with E-state index in [0.29, 0.717) is 24.0 Å². The van der Waals surface area contributed by atoms with Gasteiger partial charge in [-0.2, -0.15) is 0 Å². The SMILES string of the molecule is CCOC(=O)C(CC)SC(=S)N1C(=O)OCC1C. The minimum atomic E-state index is -0.446. The Kier molecular flexibility index (Phi) is 5.87. The third-order valence-electron chi connectivity index (χ3n) is 2.45. The molecular weight excluding hydrogens is 274 g/mol. The molecule has 0 aliphatic carbocycles. The van der Waals surface area contributed by atoms with Crippen LogP contribution in [0.5, 0.6) is 0 Å². The second-order valence-electron chi connectivity index (χ2n) is 3.83. The summed E-state index contributed by atoms with van der Waals surface area (Å²) in [5.41, 5.74) is 0. The lowest BCUT2D eigenvalue weighted by atomic mass is 10.3. The molecular formula is C11H17NO4S2. The minimum absolute atomic E-state index is 0.0859. The highest BCUT2D eigenvalue weighted by molar-refractivity contribution is 8.23. The van der Waals surface area contributed by atoms with Crippen LogP contribution >= 0.6 is 24.0 Å². The largest absolute Gasteiger partial charge is 0.465 e. The molecule has 1 fully saturated rings. The summed E-state index contributed by atoms with van der Waals surface area (Å²) in [6.07, 6.45) is 0.152. The van der Waals surface area contributed by atoms with E-state index in [2.05, 4.69) is 0 Å². The molecule has 5 nitrogen and oxygen atoms in total. The van der Waals surface area contributed by atoms with Gasteiger partial charge in [-0.3, -0.25) is 9.69 Å². The molecule has 2 atom stereocenters. The highest BCUT2D eigenvalue weighted by atomic mass is 32.2. The summed E-state index contributed by atoms with van der Waals surface area (Å²) in [7, 11) is 0. The van der Waals surface area contributed by atoms with Crippen molar-refractivity contribution in [3.63, 3.8) is 0 Å². The van der Waals surface area contributed by atoms with Gasteiger partial charge in [0.1, 0.15) is 16.2 Å². The van der Waals surface area contributed by atoms with Gasteiger partial charge in [0.2, 0.25) is 0 Å². The van der Waals surface area contributed by atoms with E-state index in [-0.39, 0.29) is 17.3 Å². The fourth-order valence-electron chi connectivity index (χ4n) is 1.48. The Morgan fingerprint density at radius 2 is 2.33 bits per heavy atom. The van der Waals surface area contributed by atoms with E-state index in [9.17, 15) is 9.59 Å². The number of ether oxygens (including phenoxy) is 2. The summed E-state index contributed by atoms with van der Waals surface area (Å²) in [4.78, 5) is 24.5. The molecule has 2 unspecified atom stereocenters. The number of cyclic esters (lactones) is 1. The lowest BCUT2D eigenvalue weighted by molar-refractivity contribution is -0.142. The Morgan fingerprint density at radius 1 is 1.67 bits per heavy atom. The van der Waals surface area contributed by atoms with E-state index in [4.69, 9.17) is 21.7 Å². The maximum absolute atomic E-state index is 11.7. The predicted octanol–water partition coefficient (Wildman–Crippen LogP) is 2.19. The molecule has 102 valence electrons. The number of carbonyl (C=O) groups excluding carboxylic acids is 2. The van der Waals surface area contributed by atoms with Crippen LogP contribution in [0, 0.1) is 0 Å². The molecule has 1 heterocycles. The van der Waals surface area contributed by atoms with Crippen molar-refractivity contribution < 1.29 is 19.1 Å². The number of hydrogen-bond donors (Lipinski definition) is 0. The molecule has 1 rings (SSSR count). The van der Waals surface area contributed by atoms with E-state index >= 15 is 0 Å². The van der Waals surface area contributed by atoms with Crippen molar-refractivity contribution in [3.8, 4) is 0 Å². The summed E-state index contributed by atoms with van der Waals surface area (Å²) in [6.45, 7) is 6.15. The predicted molar refractivity (Wildman–Crippen MR) is 73.6 cm³/mol. The number of esters is 1. The Balaban J connectivity index is 2.62. The molecule has 18 heavy (non-hydrogen) atoms. The monoisotopic (exact) mass is 291 g/mol. The van der Waals surface area contributed by atoms with Crippen molar-refractivity contribution in [1.29, 1.82) is 0 Å². The average Bonchev–Trinajstić information content (AvgIpc) is 2.66. The minimum Gasteiger partial charge on any atom is -0.465 e. The number of thioether (sulfide) groups is 1. The Bertz CT molecular complexity index is 348. The first-order valence-electron chi connectivity index (χ1n) is 5.84. The normalized spacial score (nSPS) is 20.5. The smallest absolute Gasteiger partial charge is 0.415 e. The van der Waals surface area contributed by atoms with Gasteiger partial charge in [-0.25, -0.2) is 4.79 Å². The quantitative estimate of drug-likeness (QED) is 0.584. The van der Waals surface area contributed by atoms with Crippen LogP contribution in [0.2, 0.25) is 0 Å². The van der Waals surface area contributed by atoms with E-state index < -0.39 is 6.09 Å². The van der Waals surface area contributed by atoms with Gasteiger partial charge < -0.3 is 9.47 Å². The summed E-state index contributed by atoms with van der Waals surface area (Å²) in [5.74, 6) is -0.299. The molecule has 0 aromatic rings. The highest BCUT2D eigenvalue weighted by Crippen LogP contribution is 2.25. The first-order valence-corrected chi connectivity index (χ1v) is 7.13. The van der Waals surface area contributed by atoms with E-state index in [1.165, 1.54) is 16.7 Å². The number of rotatable bonds is 4. The Labute approximate surface area is 116 Å². The topological polar surface area (TPSA) is 55.8 Å². The van der Waals surface area contributed by atoms with Crippen molar-refractivity contribution in [1.82, 2.24) is 4.90 Å². The lowest BCUT2D eigenvalue weighted by Crippen LogP contribution is -2.36. The van der Waals surface area contributed by atoms with Crippen LogP contribution in [0.3, 0.4) is 0 Å². The molecule has 0 bridgehead atoms. The van der Waals surface area contributed by atoms with Crippen LogP contribution in [0.1, 0.15) is 27.2 Å². The second-order valence-corrected chi connectivity index (χ2v) is 5.67. The third-order valence-corrected chi connectivity index (χ3v) is 4.14. The first-order chi connectivity index (χ1) is 8.51. The molecule has 1 saturated heterocycles. The fraction of sp³-hybridized carbons (Fsp3) is 0.727. The van der Waals surface area contributed by atoms with Crippen molar-refractivity contribution in [2.24, 2.45) is 0 Å². The second kappa shape index (κ2) is 6.94. The van der Waals surface area contributed by atoms with Crippen LogP contribution in [-0.2, 0) is 14.3 Å². The Hall–Kier alpha value is -0.820. The van der Waals surface area contributed by atoms with Gasteiger partial charge in [-0.15, -0.1) is 0 Å². The summed E-state index contributed by atoms with van der Waals surface area (Å²) < 4.78 is 10.2. The molecule has 1 amide bonds. The standard InChI is InChI=1S/C11H17NO4S2/c1-4-8(9(13)15-5-2)18-11(17)12-7(3)6-16-10(12)14/h7-8H,4-6H2,1-3H3. The fourth-order valence-corrected chi connectivity index (χ4v) is 3.03. The van der Waals surface area contributed by atoms with Gasteiger partial charge in [-0.1, -0.05) is 30.9 Å². The molecule has 7 heteroatoms. The van der Waals surface area contributed by atoms with Crippen LogP contribution in [0.25, 0.3) is 0 Å². The summed E-state index contributed by atoms with van der Waals surface area (Å²) >= 11 is 6.37. The van der Waals surface area contributed by atoms with Gasteiger partial charge in [0.05, 0.1) is 12.6 Å². The average molecular weight is 291 g/mol. The maximum Gasteiger partial charge on any atom is 0.415 e. The van der Waals surface area contributed by atoms with Crippen molar-refractivity contribution >= 4 is 40.4 Å². The van der Waals surface area contributed by atoms with Gasteiger partial charge >= 0.3 is 12.1 Å². The maximum atomic E-state index is 11.7. The Morgan fingerprint density at radius 3 is 2.78 bits per heavy atom. The number of nitrogens with zero attached hydrogens (tertiary/aromatic N) is 1. The number of hydrogen-bond acceptors (Lipinski definition) is 6. The molecule has 1 aliphatic heterocycles. The van der Waals surface area contributed by atoms with E-state index in [1.807, 2.05) is 13.8 Å². The molecule has 0 N–H and O–H groups in total. The summed E-state index contributed by atoms with van der Waals surface area (Å²) in [6, 6.07) is -0.0859. The molecule has 0 aromatic heterocycles. The third kappa shape index (κ3) is 3.58. The lowest BCUT2D eigenvalue weighted by Gasteiger charge is -2.21. The van der Waals surface area contributed by atoms with Crippen molar-refractivity contribution in [3.05, 3.63) is 0 Å². The van der Waals surface area contributed by atoms with Crippen molar-refractivity contribution in [2.75, 3.05) is 13.2 Å². The number of carbonyl (C=O) groups is 2. The van der Waals surface area contributed by atoms with E-state index in [0.717, 1.165) is 0 Å². The van der Waals surface area contributed by atoms with Crippen LogP contribution in [0.15, 0.2) is 0 Å². The van der Waals surface area contributed by atoms with Gasteiger partial charge in [0, 0.05) is 0 Å². The summed E-state index contributed by atoms with van der Waals surface area (Å²) in [5, 5.41) is -0.377. The van der Waals surface area contributed by atoms with Gasteiger partial charge in [0.25, 0.3) is 0 Å². The van der Waals surface area contributed by atoms with Gasteiger partial charge in [-0.05, 0) is 20.3 Å². The molecule has 0 saturated carbocycles. The first kappa shape index (κ1) is 15.2. The number of amides is 1. The van der Waals surface area contributed by atoms with Crippen molar-refractivity contribution in [2.45, 2.75) is 38.5 Å². The number of thiocarbonyl (C=S) groups is 1. The molecule has 1 aliphatic rings. The molecule has 0 aromatic carbocycles. The molecule has 0 spiro atoms. The zero-order valence-corrected chi connectivity index (χ0v) is 12.3. The van der Waals surface area contributed by atoms with Crippen LogP contribution < -0.4 is 0 Å².